The lowest BCUT2D eigenvalue weighted by molar-refractivity contribution is 0.0951. The van der Waals surface area contributed by atoms with Gasteiger partial charge < -0.3 is 9.84 Å². The van der Waals surface area contributed by atoms with Crippen LogP contribution in [-0.2, 0) is 6.54 Å². The number of hydrogen-bond acceptors (Lipinski definition) is 3. The lowest BCUT2D eigenvalue weighted by atomic mass is 10.0. The Morgan fingerprint density at radius 2 is 1.77 bits per heavy atom. The highest BCUT2D eigenvalue weighted by Crippen LogP contribution is 2.21. The van der Waals surface area contributed by atoms with Crippen LogP contribution in [0.5, 0.6) is 0 Å². The summed E-state index contributed by atoms with van der Waals surface area (Å²) in [6, 6.07) is 23.5. The zero-order valence-corrected chi connectivity index (χ0v) is 14.4. The molecule has 4 rings (SSSR count). The maximum atomic E-state index is 12.6. The zero-order valence-electron chi connectivity index (χ0n) is 14.4. The number of fused-ring (bicyclic) bond motifs is 1. The van der Waals surface area contributed by atoms with Crippen LogP contribution in [0.25, 0.3) is 22.1 Å². The lowest BCUT2D eigenvalue weighted by Crippen LogP contribution is -2.23. The number of aryl methyl sites for hydroxylation is 1. The minimum atomic E-state index is -0.123. The molecular formula is C22H18N2O2. The van der Waals surface area contributed by atoms with Crippen molar-refractivity contribution < 1.29 is 9.32 Å². The maximum absolute atomic E-state index is 12.6. The van der Waals surface area contributed by atoms with Crippen LogP contribution in [0.2, 0.25) is 0 Å². The monoisotopic (exact) mass is 342 g/mol. The van der Waals surface area contributed by atoms with E-state index in [-0.39, 0.29) is 5.91 Å². The standard InChI is InChI=1S/C22H18N2O2/c1-15-9-11-17(12-10-15)21-13-18(24-26-21)14-23-22(25)20-8-4-6-16-5-2-3-7-19(16)20/h2-13H,14H2,1H3,(H,23,25). The van der Waals surface area contributed by atoms with Gasteiger partial charge in [0, 0.05) is 17.2 Å². The van der Waals surface area contributed by atoms with Gasteiger partial charge in [-0.2, -0.15) is 0 Å². The predicted octanol–water partition coefficient (Wildman–Crippen LogP) is 4.73. The molecule has 0 saturated heterocycles. The van der Waals surface area contributed by atoms with Crippen molar-refractivity contribution in [2.45, 2.75) is 13.5 Å². The molecule has 1 heterocycles. The molecule has 0 spiro atoms. The summed E-state index contributed by atoms with van der Waals surface area (Å²) in [5.41, 5.74) is 3.50. The van der Waals surface area contributed by atoms with Crippen molar-refractivity contribution in [3.63, 3.8) is 0 Å². The first-order valence-electron chi connectivity index (χ1n) is 8.49. The number of hydrogen-bond donors (Lipinski definition) is 1. The Hall–Kier alpha value is -3.40. The third kappa shape index (κ3) is 3.22. The van der Waals surface area contributed by atoms with E-state index < -0.39 is 0 Å². The van der Waals surface area contributed by atoms with Gasteiger partial charge in [0.1, 0.15) is 5.69 Å². The van der Waals surface area contributed by atoms with E-state index in [0.717, 1.165) is 16.3 Å². The van der Waals surface area contributed by atoms with Crippen molar-refractivity contribution in [3.8, 4) is 11.3 Å². The molecule has 3 aromatic carbocycles. The van der Waals surface area contributed by atoms with Crippen LogP contribution in [0.4, 0.5) is 0 Å². The quantitative estimate of drug-likeness (QED) is 0.583. The molecule has 4 aromatic rings. The van der Waals surface area contributed by atoms with Gasteiger partial charge in [0.25, 0.3) is 5.91 Å². The number of nitrogens with zero attached hydrogens (tertiary/aromatic N) is 1. The smallest absolute Gasteiger partial charge is 0.252 e. The van der Waals surface area contributed by atoms with E-state index >= 15 is 0 Å². The minimum Gasteiger partial charge on any atom is -0.356 e. The summed E-state index contributed by atoms with van der Waals surface area (Å²) >= 11 is 0. The summed E-state index contributed by atoms with van der Waals surface area (Å²) in [6.45, 7) is 2.36. The molecule has 1 N–H and O–H groups in total. The average Bonchev–Trinajstić information content (AvgIpc) is 3.15. The Kier molecular flexibility index (Phi) is 4.23. The normalized spacial score (nSPS) is 10.8. The number of benzene rings is 3. The van der Waals surface area contributed by atoms with E-state index in [1.807, 2.05) is 79.7 Å². The summed E-state index contributed by atoms with van der Waals surface area (Å²) in [5.74, 6) is 0.570. The molecule has 1 amide bonds. The van der Waals surface area contributed by atoms with E-state index in [1.54, 1.807) is 0 Å². The molecule has 0 aliphatic carbocycles. The molecule has 0 unspecified atom stereocenters. The summed E-state index contributed by atoms with van der Waals surface area (Å²) in [6.07, 6.45) is 0. The third-order valence-electron chi connectivity index (χ3n) is 4.36. The molecule has 128 valence electrons. The number of amides is 1. The molecule has 26 heavy (non-hydrogen) atoms. The van der Waals surface area contributed by atoms with E-state index in [9.17, 15) is 4.79 Å². The van der Waals surface area contributed by atoms with Crippen LogP contribution in [0.1, 0.15) is 21.6 Å². The fraction of sp³-hybridized carbons (Fsp3) is 0.0909. The summed E-state index contributed by atoms with van der Waals surface area (Å²) in [5, 5.41) is 8.96. The van der Waals surface area contributed by atoms with Crippen molar-refractivity contribution in [2.75, 3.05) is 0 Å². The van der Waals surface area contributed by atoms with Crippen molar-refractivity contribution in [3.05, 3.63) is 89.6 Å². The summed E-state index contributed by atoms with van der Waals surface area (Å²) < 4.78 is 5.40. The Morgan fingerprint density at radius 1 is 1.00 bits per heavy atom. The van der Waals surface area contributed by atoms with Gasteiger partial charge in [0.15, 0.2) is 5.76 Å². The van der Waals surface area contributed by atoms with E-state index in [1.165, 1.54) is 5.56 Å². The van der Waals surface area contributed by atoms with Gasteiger partial charge in [-0.15, -0.1) is 0 Å². The second-order valence-electron chi connectivity index (χ2n) is 6.26. The Morgan fingerprint density at radius 3 is 2.62 bits per heavy atom. The van der Waals surface area contributed by atoms with E-state index in [0.29, 0.717) is 23.6 Å². The summed E-state index contributed by atoms with van der Waals surface area (Å²) in [4.78, 5) is 12.6. The van der Waals surface area contributed by atoms with Crippen LogP contribution in [-0.4, -0.2) is 11.1 Å². The van der Waals surface area contributed by atoms with Crippen molar-refractivity contribution in [1.82, 2.24) is 10.5 Å². The molecule has 0 atom stereocenters. The Balaban J connectivity index is 1.49. The number of rotatable bonds is 4. The number of aromatic nitrogens is 1. The Bertz CT molecular complexity index is 1060. The van der Waals surface area contributed by atoms with Crippen LogP contribution >= 0.6 is 0 Å². The molecule has 0 aliphatic heterocycles. The highest BCUT2D eigenvalue weighted by molar-refractivity contribution is 6.06. The van der Waals surface area contributed by atoms with Crippen molar-refractivity contribution >= 4 is 16.7 Å². The van der Waals surface area contributed by atoms with Crippen LogP contribution in [0, 0.1) is 6.92 Å². The first-order chi connectivity index (χ1) is 12.7. The predicted molar refractivity (Wildman–Crippen MR) is 102 cm³/mol. The molecule has 0 aliphatic rings. The number of nitrogens with one attached hydrogen (secondary N) is 1. The largest absolute Gasteiger partial charge is 0.356 e. The summed E-state index contributed by atoms with van der Waals surface area (Å²) in [7, 11) is 0. The highest BCUT2D eigenvalue weighted by Gasteiger charge is 2.11. The second-order valence-corrected chi connectivity index (χ2v) is 6.26. The molecule has 1 aromatic heterocycles. The molecule has 4 nitrogen and oxygen atoms in total. The fourth-order valence-corrected chi connectivity index (χ4v) is 2.94. The lowest BCUT2D eigenvalue weighted by Gasteiger charge is -2.06. The third-order valence-corrected chi connectivity index (χ3v) is 4.36. The average molecular weight is 342 g/mol. The molecule has 0 bridgehead atoms. The molecule has 0 radical (unpaired) electrons. The van der Waals surface area contributed by atoms with Crippen LogP contribution in [0.15, 0.2) is 77.3 Å². The molecular weight excluding hydrogens is 324 g/mol. The van der Waals surface area contributed by atoms with Gasteiger partial charge in [0.05, 0.1) is 6.54 Å². The van der Waals surface area contributed by atoms with Crippen LogP contribution < -0.4 is 5.32 Å². The van der Waals surface area contributed by atoms with Crippen LogP contribution in [0.3, 0.4) is 0 Å². The first kappa shape index (κ1) is 16.1. The topological polar surface area (TPSA) is 55.1 Å². The van der Waals surface area contributed by atoms with Gasteiger partial charge in [-0.1, -0.05) is 71.4 Å². The van der Waals surface area contributed by atoms with E-state index in [2.05, 4.69) is 10.5 Å². The van der Waals surface area contributed by atoms with Gasteiger partial charge in [-0.05, 0) is 23.8 Å². The Labute approximate surface area is 151 Å². The number of carbonyl (C=O) groups is 1. The minimum absolute atomic E-state index is 0.123. The maximum Gasteiger partial charge on any atom is 0.252 e. The van der Waals surface area contributed by atoms with Gasteiger partial charge in [-0.25, -0.2) is 0 Å². The van der Waals surface area contributed by atoms with Gasteiger partial charge >= 0.3 is 0 Å². The molecule has 4 heteroatoms. The fourth-order valence-electron chi connectivity index (χ4n) is 2.94. The van der Waals surface area contributed by atoms with Crippen molar-refractivity contribution in [2.24, 2.45) is 0 Å². The van der Waals surface area contributed by atoms with Gasteiger partial charge in [-0.3, -0.25) is 4.79 Å². The molecule has 0 fully saturated rings. The molecule has 0 saturated carbocycles. The second kappa shape index (κ2) is 6.84. The van der Waals surface area contributed by atoms with Crippen molar-refractivity contribution in [1.29, 1.82) is 0 Å². The zero-order chi connectivity index (χ0) is 17.9. The van der Waals surface area contributed by atoms with Gasteiger partial charge in [0.2, 0.25) is 0 Å². The SMILES string of the molecule is Cc1ccc(-c2cc(CNC(=O)c3cccc4ccccc34)no2)cc1. The highest BCUT2D eigenvalue weighted by atomic mass is 16.5. The number of carbonyl (C=O) groups excluding carboxylic acids is 1. The van der Waals surface area contributed by atoms with E-state index in [4.69, 9.17) is 4.52 Å². The first-order valence-corrected chi connectivity index (χ1v) is 8.49.